The summed E-state index contributed by atoms with van der Waals surface area (Å²) in [5.41, 5.74) is 1.50. The number of rotatable bonds is 42. The first kappa shape index (κ1) is 64.6. The van der Waals surface area contributed by atoms with Gasteiger partial charge in [-0.3, -0.25) is 14.4 Å². The Bertz CT molecular complexity index is 1740. The third-order valence-electron chi connectivity index (χ3n) is 17.7. The number of hydrogen-bond acceptors (Lipinski definition) is 13. The Kier molecular flexibility index (Phi) is 29.5. The lowest BCUT2D eigenvalue weighted by Gasteiger charge is -2.58. The van der Waals surface area contributed by atoms with Crippen molar-refractivity contribution in [2.75, 3.05) is 79.3 Å². The molecule has 0 aromatic heterocycles. The highest BCUT2D eigenvalue weighted by molar-refractivity contribution is 5.80. The largest absolute Gasteiger partial charge is 0.462 e. The molecule has 1 amide bonds. The van der Waals surface area contributed by atoms with Gasteiger partial charge in [-0.15, -0.1) is 0 Å². The van der Waals surface area contributed by atoms with Crippen LogP contribution in [0.4, 0.5) is 0 Å². The quantitative estimate of drug-likeness (QED) is 0.0347. The molecule has 3 fully saturated rings. The van der Waals surface area contributed by atoms with Crippen molar-refractivity contribution >= 4 is 35.0 Å². The molecule has 0 radical (unpaired) electrons. The molecular weight excluding hydrogens is 955 g/mol. The number of esters is 1. The zero-order chi connectivity index (χ0) is 54.7. The number of nitrogens with one attached hydrogen (secondary N) is 1. The number of fused-ring (bicyclic) bond motifs is 5. The molecule has 0 aromatic rings. The highest BCUT2D eigenvalue weighted by Crippen LogP contribution is 2.67. The first-order valence-corrected chi connectivity index (χ1v) is 29.5. The predicted octanol–water partition coefficient (Wildman–Crippen LogP) is 10.9. The summed E-state index contributed by atoms with van der Waals surface area (Å²) >= 11 is 0. The zero-order valence-corrected chi connectivity index (χ0v) is 48.2. The van der Waals surface area contributed by atoms with Crippen molar-refractivity contribution < 1.29 is 61.9 Å². The van der Waals surface area contributed by atoms with Gasteiger partial charge in [0.15, 0.2) is 0 Å². The van der Waals surface area contributed by atoms with E-state index >= 15 is 0 Å². The summed E-state index contributed by atoms with van der Waals surface area (Å²) in [4.78, 5) is 73.2. The molecule has 3 saturated carbocycles. The fourth-order valence-corrected chi connectivity index (χ4v) is 13.4. The Labute approximate surface area is 452 Å². The van der Waals surface area contributed by atoms with Crippen LogP contribution in [0.5, 0.6) is 0 Å². The van der Waals surface area contributed by atoms with Gasteiger partial charge in [0.25, 0.3) is 0 Å². The smallest absolute Gasteiger partial charge is 0.306 e. The average molecular weight is 1060 g/mol. The fourth-order valence-electron chi connectivity index (χ4n) is 13.4. The van der Waals surface area contributed by atoms with Crippen LogP contribution in [-0.4, -0.2) is 126 Å². The molecule has 0 heterocycles. The van der Waals surface area contributed by atoms with Gasteiger partial charge in [0.05, 0.1) is 66.1 Å². The van der Waals surface area contributed by atoms with Gasteiger partial charge in [-0.25, -0.2) is 0 Å². The van der Waals surface area contributed by atoms with Crippen LogP contribution in [-0.2, 0) is 61.9 Å². The first-order chi connectivity index (χ1) is 35.9. The third-order valence-corrected chi connectivity index (χ3v) is 17.7. The maximum atomic E-state index is 12.9. The summed E-state index contributed by atoms with van der Waals surface area (Å²) in [6.45, 7) is 21.5. The van der Waals surface area contributed by atoms with E-state index in [9.17, 15) is 28.8 Å². The fraction of sp³-hybridized carbons (Fsp3) is 0.869. The molecule has 0 bridgehead atoms. The molecular formula is C61H103NO13. The van der Waals surface area contributed by atoms with E-state index < -0.39 is 5.54 Å². The van der Waals surface area contributed by atoms with Crippen molar-refractivity contribution in [2.45, 2.75) is 215 Å². The molecule has 0 saturated heterocycles. The van der Waals surface area contributed by atoms with Crippen LogP contribution in [0.15, 0.2) is 11.6 Å². The Hall–Kier alpha value is -2.88. The molecule has 430 valence electrons. The minimum absolute atomic E-state index is 0.0113. The number of allylic oxidation sites excluding steroid dienone is 1. The number of ketones is 4. The van der Waals surface area contributed by atoms with Crippen LogP contribution < -0.4 is 5.32 Å². The van der Waals surface area contributed by atoms with Crippen LogP contribution in [0.1, 0.15) is 203 Å². The van der Waals surface area contributed by atoms with E-state index in [1.165, 1.54) is 72.1 Å². The van der Waals surface area contributed by atoms with Crippen LogP contribution in [0.3, 0.4) is 0 Å². The van der Waals surface area contributed by atoms with E-state index in [0.717, 1.165) is 54.8 Å². The van der Waals surface area contributed by atoms with Crippen molar-refractivity contribution in [2.24, 2.45) is 46.3 Å². The number of carbonyl (C=O) groups is 6. The normalized spacial score (nSPS) is 24.7. The van der Waals surface area contributed by atoms with Gasteiger partial charge in [0.2, 0.25) is 5.91 Å². The van der Waals surface area contributed by atoms with E-state index in [1.54, 1.807) is 5.57 Å². The van der Waals surface area contributed by atoms with Crippen molar-refractivity contribution in [1.29, 1.82) is 0 Å². The summed E-state index contributed by atoms with van der Waals surface area (Å²) in [5.74, 6) is 4.61. The van der Waals surface area contributed by atoms with Crippen LogP contribution in [0.25, 0.3) is 0 Å². The molecule has 0 unspecified atom stereocenters. The molecule has 8 atom stereocenters. The SMILES string of the molecule is CC(=O)CCC(CCC(C)=O)(CCC(C)=O)NC(=O)CCOCCOCCCC(=O)CCOCCOCCOCCOCCCC(=O)O[C@@H]1CC[C@]2(C)C(=CC[C@@H]3[C@H]4CC[C@@H]([C@@H](C)CCCC(C)C)[C@]4(C)CC[C@H]32)C1. The van der Waals surface area contributed by atoms with E-state index in [-0.39, 0.29) is 78.8 Å². The first-order valence-electron chi connectivity index (χ1n) is 29.5. The van der Waals surface area contributed by atoms with Gasteiger partial charge in [-0.1, -0.05) is 65.5 Å². The summed E-state index contributed by atoms with van der Waals surface area (Å²) in [7, 11) is 0. The lowest BCUT2D eigenvalue weighted by molar-refractivity contribution is -0.152. The Balaban J connectivity index is 0.918. The molecule has 14 nitrogen and oxygen atoms in total. The third kappa shape index (κ3) is 22.8. The minimum Gasteiger partial charge on any atom is -0.462 e. The van der Waals surface area contributed by atoms with Crippen LogP contribution >= 0.6 is 0 Å². The summed E-state index contributed by atoms with van der Waals surface area (Å²) in [6.07, 6.45) is 20.7. The van der Waals surface area contributed by atoms with Gasteiger partial charge in [0, 0.05) is 70.1 Å². The van der Waals surface area contributed by atoms with E-state index in [1.807, 2.05) is 0 Å². The number of Topliss-reactive ketones (excluding diaryl/α,β-unsaturated/α-hetero) is 4. The Morgan fingerprint density at radius 1 is 0.587 bits per heavy atom. The van der Waals surface area contributed by atoms with Gasteiger partial charge in [-0.2, -0.15) is 0 Å². The second-order valence-electron chi connectivity index (χ2n) is 24.0. The second kappa shape index (κ2) is 34.2. The van der Waals surface area contributed by atoms with Gasteiger partial charge in [-0.05, 0) is 144 Å². The van der Waals surface area contributed by atoms with E-state index in [2.05, 4.69) is 46.0 Å². The zero-order valence-electron chi connectivity index (χ0n) is 48.2. The lowest BCUT2D eigenvalue weighted by Crippen LogP contribution is -2.51. The predicted molar refractivity (Wildman–Crippen MR) is 291 cm³/mol. The summed E-state index contributed by atoms with van der Waals surface area (Å²) < 4.78 is 39.7. The number of carbonyl (C=O) groups excluding carboxylic acids is 6. The molecule has 1 N–H and O–H groups in total. The Morgan fingerprint density at radius 3 is 1.68 bits per heavy atom. The number of ether oxygens (including phenoxy) is 7. The summed E-state index contributed by atoms with van der Waals surface area (Å²) in [6, 6.07) is 0. The number of amides is 1. The van der Waals surface area contributed by atoms with Crippen molar-refractivity contribution in [1.82, 2.24) is 5.32 Å². The van der Waals surface area contributed by atoms with E-state index in [4.69, 9.17) is 33.2 Å². The second-order valence-corrected chi connectivity index (χ2v) is 24.0. The minimum atomic E-state index is -0.806. The maximum absolute atomic E-state index is 12.9. The van der Waals surface area contributed by atoms with Gasteiger partial charge in [0.1, 0.15) is 29.2 Å². The van der Waals surface area contributed by atoms with Crippen LogP contribution in [0.2, 0.25) is 0 Å². The monoisotopic (exact) mass is 1060 g/mol. The number of hydrogen-bond donors (Lipinski definition) is 1. The Morgan fingerprint density at radius 2 is 1.12 bits per heavy atom. The van der Waals surface area contributed by atoms with Gasteiger partial charge >= 0.3 is 5.97 Å². The lowest BCUT2D eigenvalue weighted by atomic mass is 9.47. The maximum Gasteiger partial charge on any atom is 0.306 e. The molecule has 14 heteroatoms. The van der Waals surface area contributed by atoms with Crippen molar-refractivity contribution in [3.05, 3.63) is 11.6 Å². The highest BCUT2D eigenvalue weighted by Gasteiger charge is 2.59. The standard InChI is InChI=1S/C61H103NO13/c1-45(2)12-9-13-46(3)54-18-19-55-53-17-16-50-44-52(23-27-59(50,7)56(53)24-28-60(54,55)8)75-58(68)15-11-33-70-37-40-73-42-43-74-41-39-71-34-25-51(66)14-10-32-69-36-38-72-35-26-57(67)62-61(29-20-47(4)63,30-21-48(5)64)31-22-49(6)65/h16,45-46,52-56H,9-15,17-44H2,1-8H3,(H,62,67)/t46-,52+,53+,54-,55+,56+,59+,60-/m0/s1. The molecule has 4 aliphatic rings. The summed E-state index contributed by atoms with van der Waals surface area (Å²) in [5, 5.41) is 3.02. The van der Waals surface area contributed by atoms with Crippen LogP contribution in [0, 0.1) is 46.3 Å². The molecule has 75 heavy (non-hydrogen) atoms. The molecule has 4 aliphatic carbocycles. The molecule has 4 rings (SSSR count). The molecule has 0 spiro atoms. The molecule has 0 aromatic carbocycles. The van der Waals surface area contributed by atoms with Crippen molar-refractivity contribution in [3.8, 4) is 0 Å². The van der Waals surface area contributed by atoms with Crippen molar-refractivity contribution in [3.63, 3.8) is 0 Å². The van der Waals surface area contributed by atoms with E-state index in [0.29, 0.717) is 129 Å². The highest BCUT2D eigenvalue weighted by atomic mass is 16.6. The molecule has 0 aliphatic heterocycles. The average Bonchev–Trinajstić information content (AvgIpc) is 3.72. The topological polar surface area (TPSA) is 179 Å². The van der Waals surface area contributed by atoms with Gasteiger partial charge < -0.3 is 52.9 Å².